The van der Waals surface area contributed by atoms with E-state index in [1.165, 1.54) is 48.6 Å². The number of likely N-dealkylation sites (tertiary alicyclic amines) is 1. The molecule has 4 rings (SSSR count). The Morgan fingerprint density at radius 2 is 1.33 bits per heavy atom. The van der Waals surface area contributed by atoms with E-state index < -0.39 is 120 Å². The molecule has 0 bridgehead atoms. The lowest BCUT2D eigenvalue weighted by Crippen LogP contribution is -2.62. The number of carbonyl (C=O) groups is 9. The zero-order valence-electron chi connectivity index (χ0n) is 39.3. The van der Waals surface area contributed by atoms with E-state index in [1.807, 2.05) is 0 Å². The highest BCUT2D eigenvalue weighted by Gasteiger charge is 2.41. The standard InChI is InChI=1S/C47H64N10O12/c1-6-26(4)39(45(66)53-34(21-30-23-49-24-50-30)46(67)57-18-10-13-36(57)43(64)54-35(47(68)69)20-28-11-8-7-9-12-28)56-42(63)33(19-29-14-16-31(58)17-15-29)52-44(65)38(25(2)3)55-40(61)27(5)51-41(62)32(48)22-37(59)60/h7-9,11-12,14-17,23-27,32-36,38-39,58H,6,10,13,18-22,48H2,1-5H3,(H,49,50)(H,51,62)(H,52,65)(H,53,66)(H,54,64)(H,55,61)(H,56,63)(H,59,60)(H,68,69)/t26-,27-,32-,33-,34-,35-,36-,38-,39-/m0/s1. The number of hydrogen-bond acceptors (Lipinski definition) is 12. The quantitative estimate of drug-likeness (QED) is 0.0518. The first kappa shape index (κ1) is 54.2. The highest BCUT2D eigenvalue weighted by Crippen LogP contribution is 2.21. The van der Waals surface area contributed by atoms with Gasteiger partial charge in [-0.2, -0.15) is 0 Å². The number of benzene rings is 2. The molecule has 1 aliphatic rings. The second-order valence-corrected chi connectivity index (χ2v) is 17.6. The van der Waals surface area contributed by atoms with Crippen molar-refractivity contribution in [3.8, 4) is 5.75 Å². The van der Waals surface area contributed by atoms with Crippen LogP contribution in [0, 0.1) is 11.8 Å². The van der Waals surface area contributed by atoms with E-state index in [2.05, 4.69) is 41.9 Å². The molecule has 12 N–H and O–H groups in total. The monoisotopic (exact) mass is 960 g/mol. The minimum atomic E-state index is -1.44. The van der Waals surface area contributed by atoms with Gasteiger partial charge >= 0.3 is 11.9 Å². The van der Waals surface area contributed by atoms with E-state index in [-0.39, 0.29) is 38.0 Å². The molecule has 22 nitrogen and oxygen atoms in total. The van der Waals surface area contributed by atoms with Gasteiger partial charge in [0.25, 0.3) is 0 Å². The number of aromatic hydroxyl groups is 1. The third-order valence-electron chi connectivity index (χ3n) is 11.9. The van der Waals surface area contributed by atoms with Crippen LogP contribution in [0.4, 0.5) is 0 Å². The fraction of sp³-hybridized carbons (Fsp3) is 0.489. The number of aromatic nitrogens is 2. The lowest BCUT2D eigenvalue weighted by molar-refractivity contribution is -0.145. The molecule has 1 saturated heterocycles. The van der Waals surface area contributed by atoms with E-state index >= 15 is 0 Å². The summed E-state index contributed by atoms with van der Waals surface area (Å²) in [5, 5.41) is 44.6. The molecule has 0 saturated carbocycles. The molecule has 0 unspecified atom stereocenters. The Hall–Kier alpha value is -7.36. The van der Waals surface area contributed by atoms with Crippen molar-refractivity contribution in [1.29, 1.82) is 0 Å². The maximum Gasteiger partial charge on any atom is 0.326 e. The number of phenolic OH excluding ortho intramolecular Hbond substituents is 1. The van der Waals surface area contributed by atoms with Gasteiger partial charge in [-0.15, -0.1) is 0 Å². The SMILES string of the molecule is CC[C@H](C)[C@H](NC(=O)[C@H](Cc1ccc(O)cc1)NC(=O)[C@@H](NC(=O)[C@H](C)NC(=O)[C@@H](N)CC(=O)O)C(C)C)C(=O)N[C@@H](Cc1cnc[nH]1)C(=O)N1CCC[C@H]1C(=O)N[C@@H](Cc1ccccc1)C(=O)O. The van der Waals surface area contributed by atoms with Crippen molar-refractivity contribution in [1.82, 2.24) is 46.8 Å². The maximum atomic E-state index is 14.5. The number of rotatable bonds is 25. The summed E-state index contributed by atoms with van der Waals surface area (Å²) in [6.07, 6.45) is 2.97. The molecule has 9 atom stereocenters. The Morgan fingerprint density at radius 3 is 1.93 bits per heavy atom. The smallest absolute Gasteiger partial charge is 0.326 e. The van der Waals surface area contributed by atoms with Crippen LogP contribution in [0.2, 0.25) is 0 Å². The van der Waals surface area contributed by atoms with Crippen molar-refractivity contribution >= 4 is 53.3 Å². The fourth-order valence-electron chi connectivity index (χ4n) is 7.67. The molecule has 1 aliphatic heterocycles. The summed E-state index contributed by atoms with van der Waals surface area (Å²) < 4.78 is 0. The molecular weight excluding hydrogens is 897 g/mol. The van der Waals surface area contributed by atoms with Gasteiger partial charge in [-0.3, -0.25) is 38.4 Å². The third kappa shape index (κ3) is 16.1. The van der Waals surface area contributed by atoms with Crippen molar-refractivity contribution in [3.63, 3.8) is 0 Å². The molecule has 1 fully saturated rings. The molecule has 7 amide bonds. The molecule has 2 aromatic carbocycles. The molecule has 3 aromatic rings. The highest BCUT2D eigenvalue weighted by molar-refractivity contribution is 5.98. The molecule has 0 spiro atoms. The van der Waals surface area contributed by atoms with Crippen LogP contribution in [-0.4, -0.2) is 138 Å². The van der Waals surface area contributed by atoms with Crippen LogP contribution in [-0.2, 0) is 62.4 Å². The number of H-pyrrole nitrogens is 1. The Kier molecular flexibility index (Phi) is 20.2. The number of carbonyl (C=O) groups excluding carboxylic acids is 7. The van der Waals surface area contributed by atoms with Crippen LogP contribution in [0.1, 0.15) is 77.1 Å². The second kappa shape index (κ2) is 25.7. The molecule has 2 heterocycles. The topological polar surface area (TPSA) is 344 Å². The van der Waals surface area contributed by atoms with Gasteiger partial charge in [-0.05, 0) is 54.9 Å². The van der Waals surface area contributed by atoms with E-state index in [0.29, 0.717) is 29.7 Å². The number of carboxylic acid groups (broad SMARTS) is 2. The molecule has 0 aliphatic carbocycles. The van der Waals surface area contributed by atoms with E-state index in [4.69, 9.17) is 10.8 Å². The summed E-state index contributed by atoms with van der Waals surface area (Å²) in [7, 11) is 0. The first-order chi connectivity index (χ1) is 32.7. The molecule has 0 radical (unpaired) electrons. The summed E-state index contributed by atoms with van der Waals surface area (Å²) in [5.41, 5.74) is 7.28. The lowest BCUT2D eigenvalue weighted by atomic mass is 9.96. The van der Waals surface area contributed by atoms with Crippen LogP contribution in [0.15, 0.2) is 67.1 Å². The normalized spacial score (nSPS) is 16.9. The molecule has 1 aromatic heterocycles. The minimum Gasteiger partial charge on any atom is -0.508 e. The summed E-state index contributed by atoms with van der Waals surface area (Å²) in [4.78, 5) is 128. The van der Waals surface area contributed by atoms with Gasteiger partial charge in [0.15, 0.2) is 0 Å². The first-order valence-corrected chi connectivity index (χ1v) is 22.8. The third-order valence-corrected chi connectivity index (χ3v) is 11.9. The number of phenols is 1. The van der Waals surface area contributed by atoms with Gasteiger partial charge in [-0.1, -0.05) is 76.6 Å². The van der Waals surface area contributed by atoms with Crippen LogP contribution in [0.3, 0.4) is 0 Å². The van der Waals surface area contributed by atoms with Gasteiger partial charge in [0.1, 0.15) is 48.0 Å². The second-order valence-electron chi connectivity index (χ2n) is 17.6. The first-order valence-electron chi connectivity index (χ1n) is 22.8. The molecular formula is C47H64N10O12. The van der Waals surface area contributed by atoms with Gasteiger partial charge in [0.2, 0.25) is 41.4 Å². The fourth-order valence-corrected chi connectivity index (χ4v) is 7.67. The van der Waals surface area contributed by atoms with Crippen LogP contribution in [0.5, 0.6) is 5.75 Å². The summed E-state index contributed by atoms with van der Waals surface area (Å²) in [5.74, 6) is -9.11. The number of aromatic amines is 1. The predicted octanol–water partition coefficient (Wildman–Crippen LogP) is -0.348. The summed E-state index contributed by atoms with van der Waals surface area (Å²) in [6.45, 7) is 8.21. The lowest BCUT2D eigenvalue weighted by Gasteiger charge is -2.32. The summed E-state index contributed by atoms with van der Waals surface area (Å²) >= 11 is 0. The van der Waals surface area contributed by atoms with Gasteiger partial charge < -0.3 is 62.8 Å². The number of nitrogens with one attached hydrogen (secondary N) is 7. The summed E-state index contributed by atoms with van der Waals surface area (Å²) in [6, 6.07) is 4.36. The molecule has 374 valence electrons. The number of aliphatic carboxylic acids is 2. The van der Waals surface area contributed by atoms with Crippen molar-refractivity contribution in [2.45, 2.75) is 128 Å². The number of hydrogen-bond donors (Lipinski definition) is 11. The number of carboxylic acids is 2. The Bertz CT molecular complexity index is 2260. The average molecular weight is 961 g/mol. The van der Waals surface area contributed by atoms with Gasteiger partial charge in [0.05, 0.1) is 18.8 Å². The highest BCUT2D eigenvalue weighted by atomic mass is 16.4. The zero-order chi connectivity index (χ0) is 50.9. The number of amides is 7. The zero-order valence-corrected chi connectivity index (χ0v) is 39.3. The maximum absolute atomic E-state index is 14.5. The number of nitrogens with two attached hydrogens (primary N) is 1. The Balaban J connectivity index is 1.56. The Morgan fingerprint density at radius 1 is 0.725 bits per heavy atom. The van der Waals surface area contributed by atoms with Gasteiger partial charge in [0, 0.05) is 37.7 Å². The van der Waals surface area contributed by atoms with Crippen molar-refractivity contribution in [2.24, 2.45) is 17.6 Å². The Labute approximate surface area is 399 Å². The van der Waals surface area contributed by atoms with Crippen molar-refractivity contribution < 1.29 is 58.5 Å². The van der Waals surface area contributed by atoms with Crippen molar-refractivity contribution in [3.05, 3.63) is 83.9 Å². The van der Waals surface area contributed by atoms with Crippen LogP contribution >= 0.6 is 0 Å². The minimum absolute atomic E-state index is 0.00703. The molecule has 22 heteroatoms. The van der Waals surface area contributed by atoms with Crippen LogP contribution < -0.4 is 37.6 Å². The largest absolute Gasteiger partial charge is 0.508 e. The average Bonchev–Trinajstić information content (AvgIpc) is 4.02. The van der Waals surface area contributed by atoms with Crippen LogP contribution in [0.25, 0.3) is 0 Å². The van der Waals surface area contributed by atoms with Gasteiger partial charge in [-0.25, -0.2) is 9.78 Å². The van der Waals surface area contributed by atoms with E-state index in [1.54, 1.807) is 58.0 Å². The van der Waals surface area contributed by atoms with E-state index in [0.717, 1.165) is 0 Å². The number of nitrogens with zero attached hydrogens (tertiary/aromatic N) is 2. The predicted molar refractivity (Wildman–Crippen MR) is 248 cm³/mol. The van der Waals surface area contributed by atoms with Crippen molar-refractivity contribution in [2.75, 3.05) is 6.54 Å². The number of imidazole rings is 1. The molecule has 69 heavy (non-hydrogen) atoms. The van der Waals surface area contributed by atoms with E-state index in [9.17, 15) is 53.4 Å².